The Morgan fingerprint density at radius 2 is 1.89 bits per heavy atom. The fraction of sp³-hybridized carbons (Fsp3) is 0.364. The van der Waals surface area contributed by atoms with Gasteiger partial charge in [-0.05, 0) is 30.7 Å². The summed E-state index contributed by atoms with van der Waals surface area (Å²) in [5.41, 5.74) is -0.604. The molecular weight excluding hydrogens is 249 g/mol. The topological polar surface area (TPSA) is 64.3 Å². The number of halogens is 3. The molecule has 7 heteroatoms. The van der Waals surface area contributed by atoms with Crippen molar-refractivity contribution >= 4 is 5.91 Å². The summed E-state index contributed by atoms with van der Waals surface area (Å²) in [5, 5.41) is 2.54. The van der Waals surface area contributed by atoms with E-state index in [1.807, 2.05) is 0 Å². The van der Waals surface area contributed by atoms with Crippen LogP contribution in [-0.4, -0.2) is 19.1 Å². The highest BCUT2D eigenvalue weighted by Gasteiger charge is 2.30. The third-order valence-electron chi connectivity index (χ3n) is 2.20. The number of hydrogen-bond donors (Lipinski definition) is 2. The molecule has 0 aromatic heterocycles. The second-order valence-corrected chi connectivity index (χ2v) is 3.56. The number of nitrogens with two attached hydrogens (primary N) is 1. The van der Waals surface area contributed by atoms with Crippen LogP contribution in [0.1, 0.15) is 22.3 Å². The Bertz CT molecular complexity index is 390. The van der Waals surface area contributed by atoms with Crippen LogP contribution in [0.3, 0.4) is 0 Å². The van der Waals surface area contributed by atoms with Gasteiger partial charge in [0, 0.05) is 12.1 Å². The van der Waals surface area contributed by atoms with Crippen molar-refractivity contribution in [1.29, 1.82) is 0 Å². The maximum atomic E-state index is 12.3. The Hall–Kier alpha value is -1.60. The van der Waals surface area contributed by atoms with Gasteiger partial charge in [0.25, 0.3) is 5.91 Å². The zero-order valence-corrected chi connectivity index (χ0v) is 9.46. The van der Waals surface area contributed by atoms with E-state index in [2.05, 4.69) is 10.2 Å². The van der Waals surface area contributed by atoms with Gasteiger partial charge in [0.1, 0.15) is 0 Å². The smallest absolute Gasteiger partial charge is 0.352 e. The Morgan fingerprint density at radius 1 is 1.28 bits per heavy atom. The van der Waals surface area contributed by atoms with Crippen molar-refractivity contribution in [2.24, 2.45) is 5.90 Å². The van der Waals surface area contributed by atoms with Crippen molar-refractivity contribution in [2.45, 2.75) is 12.6 Å². The molecular formula is C11H13F3N2O2. The van der Waals surface area contributed by atoms with Gasteiger partial charge in [-0.15, -0.1) is 0 Å². The number of rotatable bonds is 5. The maximum absolute atomic E-state index is 12.3. The molecule has 1 rings (SSSR count). The third kappa shape index (κ3) is 4.34. The van der Waals surface area contributed by atoms with E-state index >= 15 is 0 Å². The van der Waals surface area contributed by atoms with Crippen LogP contribution in [0.15, 0.2) is 24.3 Å². The molecule has 0 spiro atoms. The highest BCUT2D eigenvalue weighted by Crippen LogP contribution is 2.28. The van der Waals surface area contributed by atoms with E-state index < -0.39 is 17.6 Å². The number of carbonyl (C=O) groups excluding carboxylic acids is 1. The van der Waals surface area contributed by atoms with Gasteiger partial charge in [0.2, 0.25) is 0 Å². The third-order valence-corrected chi connectivity index (χ3v) is 2.20. The molecule has 0 aliphatic heterocycles. The van der Waals surface area contributed by atoms with Crippen LogP contribution in [0.25, 0.3) is 0 Å². The van der Waals surface area contributed by atoms with Gasteiger partial charge in [0.05, 0.1) is 12.2 Å². The highest BCUT2D eigenvalue weighted by atomic mass is 19.4. The molecule has 0 bridgehead atoms. The van der Waals surface area contributed by atoms with Gasteiger partial charge < -0.3 is 10.2 Å². The number of carbonyl (C=O) groups is 1. The Balaban J connectivity index is 2.54. The van der Waals surface area contributed by atoms with Crippen molar-refractivity contribution in [3.63, 3.8) is 0 Å². The normalized spacial score (nSPS) is 11.3. The fourth-order valence-corrected chi connectivity index (χ4v) is 1.27. The lowest BCUT2D eigenvalue weighted by atomic mass is 10.1. The second kappa shape index (κ2) is 6.36. The van der Waals surface area contributed by atoms with Crippen molar-refractivity contribution in [3.8, 4) is 0 Å². The van der Waals surface area contributed by atoms with E-state index in [9.17, 15) is 18.0 Å². The quantitative estimate of drug-likeness (QED) is 0.627. The Morgan fingerprint density at radius 3 is 2.39 bits per heavy atom. The number of alkyl halides is 3. The van der Waals surface area contributed by atoms with Crippen LogP contribution in [0.2, 0.25) is 0 Å². The molecule has 0 saturated carbocycles. The van der Waals surface area contributed by atoms with E-state index in [1.165, 1.54) is 0 Å². The summed E-state index contributed by atoms with van der Waals surface area (Å²) in [4.78, 5) is 15.8. The van der Waals surface area contributed by atoms with Crippen LogP contribution >= 0.6 is 0 Å². The molecule has 100 valence electrons. The van der Waals surface area contributed by atoms with Crippen molar-refractivity contribution in [1.82, 2.24) is 5.32 Å². The maximum Gasteiger partial charge on any atom is 0.416 e. The number of nitrogens with one attached hydrogen (secondary N) is 1. The van der Waals surface area contributed by atoms with Gasteiger partial charge in [-0.3, -0.25) is 4.79 Å². The second-order valence-electron chi connectivity index (χ2n) is 3.56. The minimum absolute atomic E-state index is 0.177. The van der Waals surface area contributed by atoms with Crippen molar-refractivity contribution in [2.75, 3.05) is 13.2 Å². The minimum atomic E-state index is -4.40. The molecule has 0 atom stereocenters. The molecule has 0 aliphatic carbocycles. The Labute approximate surface area is 102 Å². The first-order valence-corrected chi connectivity index (χ1v) is 5.22. The lowest BCUT2D eigenvalue weighted by molar-refractivity contribution is -0.137. The minimum Gasteiger partial charge on any atom is -0.352 e. The van der Waals surface area contributed by atoms with E-state index in [0.29, 0.717) is 19.6 Å². The van der Waals surface area contributed by atoms with E-state index in [4.69, 9.17) is 5.90 Å². The summed E-state index contributed by atoms with van der Waals surface area (Å²) >= 11 is 0. The first-order valence-electron chi connectivity index (χ1n) is 5.22. The first kappa shape index (κ1) is 14.5. The van der Waals surface area contributed by atoms with Gasteiger partial charge in [-0.25, -0.2) is 5.90 Å². The molecule has 0 fully saturated rings. The molecule has 1 aromatic rings. The molecule has 0 aliphatic rings. The summed E-state index contributed by atoms with van der Waals surface area (Å²) in [6, 6.07) is 4.02. The van der Waals surface area contributed by atoms with Gasteiger partial charge >= 0.3 is 6.18 Å². The van der Waals surface area contributed by atoms with Crippen LogP contribution in [0.5, 0.6) is 0 Å². The Kier molecular flexibility index (Phi) is 5.11. The summed E-state index contributed by atoms with van der Waals surface area (Å²) in [5.74, 6) is 4.36. The van der Waals surface area contributed by atoms with Crippen molar-refractivity contribution in [3.05, 3.63) is 35.4 Å². The van der Waals surface area contributed by atoms with Gasteiger partial charge in [-0.1, -0.05) is 0 Å². The summed E-state index contributed by atoms with van der Waals surface area (Å²) < 4.78 is 36.8. The van der Waals surface area contributed by atoms with Crippen LogP contribution in [-0.2, 0) is 11.0 Å². The zero-order valence-electron chi connectivity index (χ0n) is 9.46. The average Bonchev–Trinajstić information content (AvgIpc) is 2.33. The van der Waals surface area contributed by atoms with E-state index in [1.54, 1.807) is 0 Å². The standard InChI is InChI=1S/C11H13F3N2O2/c12-11(13,14)9-4-2-8(3-5-9)10(17)16-6-1-7-18-15/h2-5H,1,6-7,15H2,(H,16,17). The molecule has 0 saturated heterocycles. The lowest BCUT2D eigenvalue weighted by Crippen LogP contribution is -2.25. The highest BCUT2D eigenvalue weighted by molar-refractivity contribution is 5.94. The molecule has 4 nitrogen and oxygen atoms in total. The predicted octanol–water partition coefficient (Wildman–Crippen LogP) is 1.72. The SMILES string of the molecule is NOCCCNC(=O)c1ccc(C(F)(F)F)cc1. The molecule has 3 N–H and O–H groups in total. The van der Waals surface area contributed by atoms with Crippen LogP contribution < -0.4 is 11.2 Å². The van der Waals surface area contributed by atoms with Crippen molar-refractivity contribution < 1.29 is 22.8 Å². The molecule has 0 unspecified atom stereocenters. The lowest BCUT2D eigenvalue weighted by Gasteiger charge is -2.08. The number of amides is 1. The molecule has 1 aromatic carbocycles. The molecule has 0 heterocycles. The molecule has 1 amide bonds. The van der Waals surface area contributed by atoms with Gasteiger partial charge in [-0.2, -0.15) is 13.2 Å². The van der Waals surface area contributed by atoms with Crippen LogP contribution in [0, 0.1) is 0 Å². The van der Waals surface area contributed by atoms with Crippen LogP contribution in [0.4, 0.5) is 13.2 Å². The largest absolute Gasteiger partial charge is 0.416 e. The number of hydrogen-bond acceptors (Lipinski definition) is 3. The molecule has 18 heavy (non-hydrogen) atoms. The first-order chi connectivity index (χ1) is 8.45. The summed E-state index contributed by atoms with van der Waals surface area (Å²) in [7, 11) is 0. The van der Waals surface area contributed by atoms with E-state index in [0.717, 1.165) is 24.3 Å². The zero-order chi connectivity index (χ0) is 13.6. The predicted molar refractivity (Wildman–Crippen MR) is 58.5 cm³/mol. The van der Waals surface area contributed by atoms with E-state index in [-0.39, 0.29) is 5.56 Å². The fourth-order valence-electron chi connectivity index (χ4n) is 1.27. The summed E-state index contributed by atoms with van der Waals surface area (Å²) in [6.07, 6.45) is -3.86. The number of benzene rings is 1. The average molecular weight is 262 g/mol. The molecule has 0 radical (unpaired) electrons. The van der Waals surface area contributed by atoms with Gasteiger partial charge in [0.15, 0.2) is 0 Å². The monoisotopic (exact) mass is 262 g/mol. The summed E-state index contributed by atoms with van der Waals surface area (Å²) in [6.45, 7) is 0.643.